The average Bonchev–Trinajstić information content (AvgIpc) is 2.19. The Hall–Kier alpha value is -0.930. The zero-order valence-corrected chi connectivity index (χ0v) is 4.19. The van der Waals surface area contributed by atoms with E-state index in [2.05, 4.69) is 21.6 Å². The number of halogens is 1. The third-order valence-corrected chi connectivity index (χ3v) is 0.764. The zero-order chi connectivity index (χ0) is 5.82. The predicted octanol–water partition coefficient (Wildman–Crippen LogP) is 0.117. The van der Waals surface area contributed by atoms with E-state index >= 15 is 0 Å². The van der Waals surface area contributed by atoms with Crippen LogP contribution in [-0.4, -0.2) is 22.1 Å². The number of hydrogen-bond donors (Lipinski definition) is 1. The van der Waals surface area contributed by atoms with Crippen LogP contribution in [0.25, 0.3) is 0 Å². The highest BCUT2D eigenvalue weighted by Crippen LogP contribution is 1.87. The van der Waals surface area contributed by atoms with Crippen molar-refractivity contribution in [1.82, 2.24) is 15.4 Å². The van der Waals surface area contributed by atoms with E-state index in [-0.39, 0.29) is 6.67 Å². The number of rotatable bonds is 2. The summed E-state index contributed by atoms with van der Waals surface area (Å²) < 4.78 is 11.5. The average molecular weight is 114 g/mol. The second-order valence-corrected chi connectivity index (χ2v) is 1.34. The van der Waals surface area contributed by atoms with Crippen LogP contribution >= 0.6 is 0 Å². The smallest absolute Gasteiger partial charge is 0.138 e. The minimum absolute atomic E-state index is 0.326. The number of nitrogens with one attached hydrogen (secondary N) is 1. The van der Waals surface area contributed by atoms with Crippen LogP contribution in [0.5, 0.6) is 0 Å². The highest BCUT2D eigenvalue weighted by Gasteiger charge is 1.91. The SMILES string of the molecule is FCCc1[c]nn[nH]1. The number of nitrogens with zero attached hydrogens (tertiary/aromatic N) is 2. The molecule has 0 bridgehead atoms. The molecular formula is C4H5FN3. The van der Waals surface area contributed by atoms with E-state index in [1.165, 1.54) is 0 Å². The Labute approximate surface area is 45.9 Å². The lowest BCUT2D eigenvalue weighted by molar-refractivity contribution is 0.491. The summed E-state index contributed by atoms with van der Waals surface area (Å²) in [5, 5.41) is 9.17. The molecule has 1 heterocycles. The van der Waals surface area contributed by atoms with Crippen molar-refractivity contribution in [3.8, 4) is 0 Å². The van der Waals surface area contributed by atoms with Gasteiger partial charge in [-0.05, 0) is 0 Å². The summed E-state index contributed by atoms with van der Waals surface area (Å²) >= 11 is 0. The third-order valence-electron chi connectivity index (χ3n) is 0.764. The molecule has 3 nitrogen and oxygen atoms in total. The van der Waals surface area contributed by atoms with Crippen molar-refractivity contribution in [3.05, 3.63) is 11.9 Å². The molecule has 0 saturated heterocycles. The fourth-order valence-corrected chi connectivity index (χ4v) is 0.402. The van der Waals surface area contributed by atoms with Gasteiger partial charge in [0.15, 0.2) is 0 Å². The van der Waals surface area contributed by atoms with Gasteiger partial charge in [-0.15, -0.1) is 5.10 Å². The summed E-state index contributed by atoms with van der Waals surface area (Å²) in [5.74, 6) is 0. The maximum absolute atomic E-state index is 11.5. The van der Waals surface area contributed by atoms with E-state index < -0.39 is 0 Å². The summed E-state index contributed by atoms with van der Waals surface area (Å²) in [7, 11) is 0. The minimum Gasteiger partial charge on any atom is -0.261 e. The molecule has 0 aliphatic heterocycles. The first-order valence-corrected chi connectivity index (χ1v) is 2.27. The van der Waals surface area contributed by atoms with Gasteiger partial charge in [-0.3, -0.25) is 9.49 Å². The molecule has 0 unspecified atom stereocenters. The van der Waals surface area contributed by atoms with Gasteiger partial charge < -0.3 is 0 Å². The minimum atomic E-state index is -0.389. The van der Waals surface area contributed by atoms with E-state index in [1.807, 2.05) is 0 Å². The van der Waals surface area contributed by atoms with Crippen molar-refractivity contribution < 1.29 is 4.39 Å². The third kappa shape index (κ3) is 1.02. The Morgan fingerprint density at radius 1 is 1.75 bits per heavy atom. The largest absolute Gasteiger partial charge is 0.261 e. The molecule has 0 fully saturated rings. The van der Waals surface area contributed by atoms with Crippen molar-refractivity contribution >= 4 is 0 Å². The van der Waals surface area contributed by atoms with Crippen molar-refractivity contribution in [2.75, 3.05) is 6.67 Å². The molecule has 0 amide bonds. The summed E-state index contributed by atoms with van der Waals surface area (Å²) in [6, 6.07) is 0. The normalized spacial score (nSPS) is 9.62. The monoisotopic (exact) mass is 114 g/mol. The fraction of sp³-hybridized carbons (Fsp3) is 0.500. The van der Waals surface area contributed by atoms with Crippen LogP contribution in [0.1, 0.15) is 5.69 Å². The highest BCUT2D eigenvalue weighted by molar-refractivity contribution is 4.87. The molecule has 1 radical (unpaired) electrons. The zero-order valence-electron chi connectivity index (χ0n) is 4.19. The van der Waals surface area contributed by atoms with Crippen LogP contribution in [0.3, 0.4) is 0 Å². The number of aryl methyl sites for hydroxylation is 1. The van der Waals surface area contributed by atoms with Crippen LogP contribution in [0.4, 0.5) is 4.39 Å². The van der Waals surface area contributed by atoms with E-state index in [1.54, 1.807) is 0 Å². The maximum atomic E-state index is 11.5. The molecule has 0 atom stereocenters. The van der Waals surface area contributed by atoms with Gasteiger partial charge in [-0.1, -0.05) is 5.21 Å². The van der Waals surface area contributed by atoms with Gasteiger partial charge in [0.2, 0.25) is 0 Å². The van der Waals surface area contributed by atoms with Crippen molar-refractivity contribution in [3.63, 3.8) is 0 Å². The van der Waals surface area contributed by atoms with E-state index in [4.69, 9.17) is 0 Å². The number of hydrogen-bond acceptors (Lipinski definition) is 2. The molecule has 43 valence electrons. The van der Waals surface area contributed by atoms with Crippen molar-refractivity contribution in [1.29, 1.82) is 0 Å². The molecule has 0 aliphatic rings. The molecule has 0 spiro atoms. The lowest BCUT2D eigenvalue weighted by Crippen LogP contribution is -1.85. The number of aromatic amines is 1. The van der Waals surface area contributed by atoms with Gasteiger partial charge in [-0.25, -0.2) is 0 Å². The molecule has 1 rings (SSSR count). The number of alkyl halides is 1. The summed E-state index contributed by atoms with van der Waals surface area (Å²) in [5.41, 5.74) is 0.618. The second-order valence-electron chi connectivity index (χ2n) is 1.34. The first-order valence-electron chi connectivity index (χ1n) is 2.27. The first kappa shape index (κ1) is 5.21. The molecule has 0 aromatic carbocycles. The highest BCUT2D eigenvalue weighted by atomic mass is 19.1. The Bertz CT molecular complexity index is 137. The van der Waals surface area contributed by atoms with Crippen LogP contribution in [-0.2, 0) is 6.42 Å². The lowest BCUT2D eigenvalue weighted by Gasteiger charge is -1.81. The Kier molecular flexibility index (Phi) is 1.56. The van der Waals surface area contributed by atoms with E-state index in [0.717, 1.165) is 0 Å². The molecule has 4 heteroatoms. The maximum Gasteiger partial charge on any atom is 0.138 e. The van der Waals surface area contributed by atoms with E-state index in [9.17, 15) is 4.39 Å². The molecule has 1 aromatic heterocycles. The Morgan fingerprint density at radius 3 is 3.12 bits per heavy atom. The van der Waals surface area contributed by atoms with Gasteiger partial charge >= 0.3 is 0 Å². The number of aromatic nitrogens is 3. The van der Waals surface area contributed by atoms with Crippen LogP contribution in [0.2, 0.25) is 0 Å². The fourth-order valence-electron chi connectivity index (χ4n) is 0.402. The topological polar surface area (TPSA) is 41.6 Å². The summed E-state index contributed by atoms with van der Waals surface area (Å²) in [6.45, 7) is -0.389. The standard InChI is InChI=1S/C4H5FN3/c5-2-1-4-3-6-8-7-4/h1-2H2,(H,6,7,8). The molecular weight excluding hydrogens is 109 g/mol. The van der Waals surface area contributed by atoms with Crippen LogP contribution in [0, 0.1) is 6.20 Å². The molecule has 0 saturated carbocycles. The van der Waals surface area contributed by atoms with Crippen LogP contribution < -0.4 is 0 Å². The van der Waals surface area contributed by atoms with Gasteiger partial charge in [0, 0.05) is 6.42 Å². The van der Waals surface area contributed by atoms with Gasteiger partial charge in [0.25, 0.3) is 0 Å². The van der Waals surface area contributed by atoms with Gasteiger partial charge in [-0.2, -0.15) is 0 Å². The molecule has 1 N–H and O–H groups in total. The van der Waals surface area contributed by atoms with Crippen molar-refractivity contribution in [2.45, 2.75) is 6.42 Å². The van der Waals surface area contributed by atoms with E-state index in [0.29, 0.717) is 12.1 Å². The lowest BCUT2D eigenvalue weighted by atomic mass is 10.4. The Balaban J connectivity index is 2.50. The first-order chi connectivity index (χ1) is 3.93. The summed E-state index contributed by atoms with van der Waals surface area (Å²) in [4.78, 5) is 0. The molecule has 1 aromatic rings. The van der Waals surface area contributed by atoms with Gasteiger partial charge in [0.1, 0.15) is 6.20 Å². The van der Waals surface area contributed by atoms with Crippen LogP contribution in [0.15, 0.2) is 0 Å². The predicted molar refractivity (Wildman–Crippen MR) is 24.9 cm³/mol. The van der Waals surface area contributed by atoms with Crippen molar-refractivity contribution in [2.24, 2.45) is 0 Å². The summed E-state index contributed by atoms with van der Waals surface area (Å²) in [6.07, 6.45) is 2.81. The molecule has 8 heavy (non-hydrogen) atoms. The van der Waals surface area contributed by atoms with Gasteiger partial charge in [0.05, 0.1) is 12.4 Å². The Morgan fingerprint density at radius 2 is 2.62 bits per heavy atom. The molecule has 0 aliphatic carbocycles. The second kappa shape index (κ2) is 2.40. The number of H-pyrrole nitrogens is 1. The quantitative estimate of drug-likeness (QED) is 0.593.